The number of halogens is 1. The molecule has 0 radical (unpaired) electrons. The number of allylic oxidation sites excluding steroid dienone is 1. The lowest BCUT2D eigenvalue weighted by Crippen LogP contribution is -2.30. The third-order valence-electron chi connectivity index (χ3n) is 3.80. The van der Waals surface area contributed by atoms with Crippen molar-refractivity contribution in [2.45, 2.75) is 18.7 Å². The second-order valence-electron chi connectivity index (χ2n) is 5.33. The molecule has 25 heavy (non-hydrogen) atoms. The van der Waals surface area contributed by atoms with Crippen molar-refractivity contribution in [2.75, 3.05) is 13.1 Å². The molecule has 0 saturated heterocycles. The molecule has 0 aliphatic rings. The number of benzene rings is 2. The average Bonchev–Trinajstić information content (AvgIpc) is 2.61. The molecule has 0 aliphatic carbocycles. The van der Waals surface area contributed by atoms with Crippen LogP contribution >= 0.6 is 11.6 Å². The van der Waals surface area contributed by atoms with Crippen LogP contribution in [0.3, 0.4) is 0 Å². The first-order valence-electron chi connectivity index (χ1n) is 7.97. The van der Waals surface area contributed by atoms with Gasteiger partial charge in [0, 0.05) is 23.7 Å². The number of carbonyl (C=O) groups is 1. The highest BCUT2D eigenvalue weighted by molar-refractivity contribution is 7.89. The third-order valence-corrected chi connectivity index (χ3v) is 6.21. The first-order chi connectivity index (χ1) is 11.9. The minimum Gasteiger partial charge on any atom is -0.289 e. The maximum Gasteiger partial charge on any atom is 0.243 e. The van der Waals surface area contributed by atoms with E-state index in [1.54, 1.807) is 26.0 Å². The van der Waals surface area contributed by atoms with Gasteiger partial charge >= 0.3 is 0 Å². The van der Waals surface area contributed by atoms with E-state index in [1.165, 1.54) is 34.6 Å². The van der Waals surface area contributed by atoms with E-state index < -0.39 is 10.0 Å². The van der Waals surface area contributed by atoms with Gasteiger partial charge in [-0.05, 0) is 48.0 Å². The van der Waals surface area contributed by atoms with Gasteiger partial charge in [0.05, 0.1) is 4.90 Å². The van der Waals surface area contributed by atoms with E-state index in [2.05, 4.69) is 0 Å². The van der Waals surface area contributed by atoms with Crippen molar-refractivity contribution in [2.24, 2.45) is 0 Å². The molecule has 0 bridgehead atoms. The molecule has 2 rings (SSSR count). The Bertz CT molecular complexity index is 870. The summed E-state index contributed by atoms with van der Waals surface area (Å²) in [5, 5.41) is 0.562. The Morgan fingerprint density at radius 1 is 1.04 bits per heavy atom. The second-order valence-corrected chi connectivity index (χ2v) is 7.68. The lowest BCUT2D eigenvalue weighted by atomic mass is 10.1. The summed E-state index contributed by atoms with van der Waals surface area (Å²) in [5.41, 5.74) is 1.17. The highest BCUT2D eigenvalue weighted by atomic mass is 35.5. The quantitative estimate of drug-likeness (QED) is 0.535. The van der Waals surface area contributed by atoms with Gasteiger partial charge in [0.2, 0.25) is 10.0 Å². The van der Waals surface area contributed by atoms with Crippen LogP contribution in [0.25, 0.3) is 6.08 Å². The normalized spacial score (nSPS) is 12.0. The van der Waals surface area contributed by atoms with E-state index in [0.29, 0.717) is 23.7 Å². The standard InChI is InChI=1S/C19H20ClNO3S/c1-3-21(4-2)25(23,24)17-12-9-16(10-13-17)19(22)14-11-15-7-5-6-8-18(15)20/h5-14H,3-4H2,1-2H3. The van der Waals surface area contributed by atoms with Gasteiger partial charge < -0.3 is 0 Å². The number of ketones is 1. The van der Waals surface area contributed by atoms with Gasteiger partial charge in [-0.15, -0.1) is 0 Å². The fraction of sp³-hybridized carbons (Fsp3) is 0.211. The van der Waals surface area contributed by atoms with E-state index in [0.717, 1.165) is 5.56 Å². The lowest BCUT2D eigenvalue weighted by Gasteiger charge is -2.18. The molecule has 4 nitrogen and oxygen atoms in total. The number of carbonyl (C=O) groups excluding carboxylic acids is 1. The van der Waals surface area contributed by atoms with Crippen LogP contribution in [0.2, 0.25) is 5.02 Å². The molecule has 0 aliphatic heterocycles. The Morgan fingerprint density at radius 2 is 1.64 bits per heavy atom. The van der Waals surface area contributed by atoms with Crippen molar-refractivity contribution in [3.63, 3.8) is 0 Å². The van der Waals surface area contributed by atoms with Crippen LogP contribution in [0.5, 0.6) is 0 Å². The fourth-order valence-corrected chi connectivity index (χ4v) is 4.03. The monoisotopic (exact) mass is 377 g/mol. The predicted octanol–water partition coefficient (Wildman–Crippen LogP) is 4.27. The highest BCUT2D eigenvalue weighted by Gasteiger charge is 2.21. The zero-order valence-corrected chi connectivity index (χ0v) is 15.7. The zero-order valence-electron chi connectivity index (χ0n) is 14.1. The Balaban J connectivity index is 2.20. The molecule has 0 spiro atoms. The van der Waals surface area contributed by atoms with E-state index in [1.807, 2.05) is 18.2 Å². The van der Waals surface area contributed by atoms with Crippen molar-refractivity contribution in [1.29, 1.82) is 0 Å². The summed E-state index contributed by atoms with van der Waals surface area (Å²) in [5.74, 6) is -0.216. The average molecular weight is 378 g/mol. The lowest BCUT2D eigenvalue weighted by molar-refractivity contribution is 0.104. The van der Waals surface area contributed by atoms with Gasteiger partial charge in [-0.1, -0.05) is 43.6 Å². The van der Waals surface area contributed by atoms with Crippen LogP contribution in [0.1, 0.15) is 29.8 Å². The molecule has 0 aromatic heterocycles. The van der Waals surface area contributed by atoms with Crippen molar-refractivity contribution >= 4 is 33.5 Å². The maximum atomic E-state index is 12.4. The molecule has 2 aromatic rings. The molecule has 0 saturated carbocycles. The van der Waals surface area contributed by atoms with E-state index >= 15 is 0 Å². The molecule has 132 valence electrons. The predicted molar refractivity (Wildman–Crippen MR) is 101 cm³/mol. The minimum atomic E-state index is -3.52. The summed E-state index contributed by atoms with van der Waals surface area (Å²) in [7, 11) is -3.52. The molecule has 0 fully saturated rings. The van der Waals surface area contributed by atoms with E-state index in [-0.39, 0.29) is 10.7 Å². The van der Waals surface area contributed by atoms with Crippen molar-refractivity contribution in [1.82, 2.24) is 4.31 Å². The molecular weight excluding hydrogens is 358 g/mol. The number of hydrogen-bond acceptors (Lipinski definition) is 3. The smallest absolute Gasteiger partial charge is 0.243 e. The Hall–Kier alpha value is -1.95. The molecule has 0 N–H and O–H groups in total. The summed E-state index contributed by atoms with van der Waals surface area (Å²) in [6.45, 7) is 4.39. The van der Waals surface area contributed by atoms with Crippen LogP contribution < -0.4 is 0 Å². The van der Waals surface area contributed by atoms with Gasteiger partial charge in [-0.2, -0.15) is 4.31 Å². The molecule has 0 heterocycles. The van der Waals surface area contributed by atoms with E-state index in [9.17, 15) is 13.2 Å². The number of sulfonamides is 1. The topological polar surface area (TPSA) is 54.5 Å². The molecule has 0 amide bonds. The van der Waals surface area contributed by atoms with Crippen LogP contribution in [0, 0.1) is 0 Å². The largest absolute Gasteiger partial charge is 0.289 e. The zero-order chi connectivity index (χ0) is 18.4. The summed E-state index contributed by atoms with van der Waals surface area (Å²) in [4.78, 5) is 12.4. The Morgan fingerprint density at radius 3 is 2.20 bits per heavy atom. The molecule has 2 aromatic carbocycles. The van der Waals surface area contributed by atoms with Crippen molar-refractivity contribution in [3.05, 3.63) is 70.8 Å². The first kappa shape index (κ1) is 19.4. The van der Waals surface area contributed by atoms with Crippen molar-refractivity contribution < 1.29 is 13.2 Å². The molecular formula is C19H20ClNO3S. The third kappa shape index (κ3) is 4.57. The number of nitrogens with zero attached hydrogens (tertiary/aromatic N) is 1. The van der Waals surface area contributed by atoms with Gasteiger partial charge in [0.1, 0.15) is 0 Å². The summed E-state index contributed by atoms with van der Waals surface area (Å²) in [6, 6.07) is 13.2. The van der Waals surface area contributed by atoms with Gasteiger partial charge in [0.15, 0.2) is 5.78 Å². The Kier molecular flexibility index (Phi) is 6.53. The highest BCUT2D eigenvalue weighted by Crippen LogP contribution is 2.18. The molecule has 0 unspecified atom stereocenters. The first-order valence-corrected chi connectivity index (χ1v) is 9.79. The molecule has 0 atom stereocenters. The van der Waals surface area contributed by atoms with Gasteiger partial charge in [0.25, 0.3) is 0 Å². The van der Waals surface area contributed by atoms with Crippen LogP contribution in [0.4, 0.5) is 0 Å². The molecule has 6 heteroatoms. The maximum absolute atomic E-state index is 12.4. The van der Waals surface area contributed by atoms with E-state index in [4.69, 9.17) is 11.6 Å². The summed E-state index contributed by atoms with van der Waals surface area (Å²) in [6.07, 6.45) is 3.07. The Labute approximate surface area is 153 Å². The van der Waals surface area contributed by atoms with Crippen molar-refractivity contribution in [3.8, 4) is 0 Å². The van der Waals surface area contributed by atoms with Crippen LogP contribution in [-0.4, -0.2) is 31.6 Å². The number of rotatable bonds is 7. The fourth-order valence-electron chi connectivity index (χ4n) is 2.38. The SMILES string of the molecule is CCN(CC)S(=O)(=O)c1ccc(C(=O)C=Cc2ccccc2Cl)cc1. The van der Waals surface area contributed by atoms with Gasteiger partial charge in [-0.3, -0.25) is 4.79 Å². The van der Waals surface area contributed by atoms with Crippen LogP contribution in [0.15, 0.2) is 59.5 Å². The van der Waals surface area contributed by atoms with Gasteiger partial charge in [-0.25, -0.2) is 8.42 Å². The summed E-state index contributed by atoms with van der Waals surface area (Å²) < 4.78 is 26.2. The minimum absolute atomic E-state index is 0.183. The summed E-state index contributed by atoms with van der Waals surface area (Å²) >= 11 is 6.05. The number of hydrogen-bond donors (Lipinski definition) is 0. The van der Waals surface area contributed by atoms with Crippen LogP contribution in [-0.2, 0) is 10.0 Å². The second kappa shape index (κ2) is 8.43.